The highest BCUT2D eigenvalue weighted by atomic mass is 16.5. The molecule has 1 aliphatic rings. The van der Waals surface area contributed by atoms with E-state index in [0.717, 1.165) is 43.2 Å². The SMILES string of the molecule is CCCNc1ccc(C(=O)N2CCN(c3ccc(OC)cc3)CC2)nc1. The van der Waals surface area contributed by atoms with E-state index >= 15 is 0 Å². The zero-order valence-electron chi connectivity index (χ0n) is 15.4. The van der Waals surface area contributed by atoms with Gasteiger partial charge in [0.05, 0.1) is 19.0 Å². The van der Waals surface area contributed by atoms with E-state index in [0.29, 0.717) is 18.8 Å². The van der Waals surface area contributed by atoms with Crippen molar-refractivity contribution in [2.45, 2.75) is 13.3 Å². The van der Waals surface area contributed by atoms with Gasteiger partial charge in [-0.1, -0.05) is 6.92 Å². The Balaban J connectivity index is 1.55. The molecular weight excluding hydrogens is 328 g/mol. The molecule has 6 nitrogen and oxygen atoms in total. The number of anilines is 2. The van der Waals surface area contributed by atoms with E-state index in [1.807, 2.05) is 23.1 Å². The summed E-state index contributed by atoms with van der Waals surface area (Å²) >= 11 is 0. The van der Waals surface area contributed by atoms with Gasteiger partial charge in [0.2, 0.25) is 0 Å². The Labute approximate surface area is 154 Å². The molecule has 1 amide bonds. The van der Waals surface area contributed by atoms with Crippen LogP contribution in [0.15, 0.2) is 42.6 Å². The molecule has 0 unspecified atom stereocenters. The van der Waals surface area contributed by atoms with E-state index in [2.05, 4.69) is 34.3 Å². The van der Waals surface area contributed by atoms with Gasteiger partial charge in [0, 0.05) is 38.4 Å². The van der Waals surface area contributed by atoms with Crippen LogP contribution in [0.5, 0.6) is 5.75 Å². The molecule has 1 N–H and O–H groups in total. The Bertz CT molecular complexity index is 708. The van der Waals surface area contributed by atoms with Crippen LogP contribution in [0.25, 0.3) is 0 Å². The van der Waals surface area contributed by atoms with Gasteiger partial charge >= 0.3 is 0 Å². The molecule has 138 valence electrons. The zero-order valence-corrected chi connectivity index (χ0v) is 15.4. The molecule has 2 aromatic rings. The molecule has 2 heterocycles. The minimum Gasteiger partial charge on any atom is -0.497 e. The van der Waals surface area contributed by atoms with Crippen LogP contribution in [0.4, 0.5) is 11.4 Å². The molecule has 0 saturated carbocycles. The van der Waals surface area contributed by atoms with Crippen molar-refractivity contribution in [1.29, 1.82) is 0 Å². The maximum absolute atomic E-state index is 12.7. The van der Waals surface area contributed by atoms with Crippen molar-refractivity contribution < 1.29 is 9.53 Å². The van der Waals surface area contributed by atoms with Crippen molar-refractivity contribution in [3.63, 3.8) is 0 Å². The van der Waals surface area contributed by atoms with Gasteiger partial charge in [0.15, 0.2) is 0 Å². The van der Waals surface area contributed by atoms with Gasteiger partial charge in [-0.3, -0.25) is 4.79 Å². The summed E-state index contributed by atoms with van der Waals surface area (Å²) in [6, 6.07) is 11.8. The lowest BCUT2D eigenvalue weighted by molar-refractivity contribution is 0.0741. The van der Waals surface area contributed by atoms with Gasteiger partial charge in [-0.2, -0.15) is 0 Å². The predicted octanol–water partition coefficient (Wildman–Crippen LogP) is 2.87. The van der Waals surface area contributed by atoms with E-state index < -0.39 is 0 Å². The summed E-state index contributed by atoms with van der Waals surface area (Å²) in [6.07, 6.45) is 2.79. The number of methoxy groups -OCH3 is 1. The summed E-state index contributed by atoms with van der Waals surface area (Å²) < 4.78 is 5.20. The first-order valence-electron chi connectivity index (χ1n) is 9.09. The van der Waals surface area contributed by atoms with Gasteiger partial charge in [-0.15, -0.1) is 0 Å². The van der Waals surface area contributed by atoms with Crippen molar-refractivity contribution >= 4 is 17.3 Å². The van der Waals surface area contributed by atoms with E-state index in [-0.39, 0.29) is 5.91 Å². The number of nitrogens with zero attached hydrogens (tertiary/aromatic N) is 3. The normalized spacial score (nSPS) is 14.2. The summed E-state index contributed by atoms with van der Waals surface area (Å²) in [4.78, 5) is 21.1. The fourth-order valence-electron chi connectivity index (χ4n) is 3.02. The molecule has 1 aromatic carbocycles. The van der Waals surface area contributed by atoms with Crippen LogP contribution < -0.4 is 15.0 Å². The van der Waals surface area contributed by atoms with Crippen LogP contribution in [0.3, 0.4) is 0 Å². The third-order valence-corrected chi connectivity index (χ3v) is 4.57. The largest absolute Gasteiger partial charge is 0.497 e. The van der Waals surface area contributed by atoms with Crippen LogP contribution in [-0.2, 0) is 0 Å². The number of rotatable bonds is 6. The first kappa shape index (κ1) is 18.0. The Morgan fingerprint density at radius 2 is 1.85 bits per heavy atom. The number of pyridine rings is 1. The summed E-state index contributed by atoms with van der Waals surface area (Å²) in [7, 11) is 1.67. The molecular formula is C20H26N4O2. The Kier molecular flexibility index (Phi) is 5.94. The third kappa shape index (κ3) is 4.25. The number of hydrogen-bond acceptors (Lipinski definition) is 5. The summed E-state index contributed by atoms with van der Waals surface area (Å²) in [6.45, 7) is 6.04. The average Bonchev–Trinajstić information content (AvgIpc) is 2.72. The second-order valence-electron chi connectivity index (χ2n) is 6.34. The lowest BCUT2D eigenvalue weighted by Crippen LogP contribution is -2.49. The molecule has 0 atom stereocenters. The standard InChI is InChI=1S/C20H26N4O2/c1-3-10-21-16-4-9-19(22-15-16)20(25)24-13-11-23(12-14-24)17-5-7-18(26-2)8-6-17/h4-9,15,21H,3,10-14H2,1-2H3. The van der Waals surface area contributed by atoms with E-state index in [1.165, 1.54) is 0 Å². The topological polar surface area (TPSA) is 57.7 Å². The van der Waals surface area contributed by atoms with Crippen LogP contribution in [0, 0.1) is 0 Å². The molecule has 1 fully saturated rings. The van der Waals surface area contributed by atoms with E-state index in [4.69, 9.17) is 4.74 Å². The number of aromatic nitrogens is 1. The molecule has 0 radical (unpaired) electrons. The number of amides is 1. The van der Waals surface area contributed by atoms with Gasteiger partial charge in [0.1, 0.15) is 11.4 Å². The molecule has 1 aliphatic heterocycles. The fraction of sp³-hybridized carbons (Fsp3) is 0.400. The van der Waals surface area contributed by atoms with Gasteiger partial charge in [0.25, 0.3) is 5.91 Å². The third-order valence-electron chi connectivity index (χ3n) is 4.57. The first-order valence-corrected chi connectivity index (χ1v) is 9.09. The second-order valence-corrected chi connectivity index (χ2v) is 6.34. The number of ether oxygens (including phenoxy) is 1. The van der Waals surface area contributed by atoms with Crippen LogP contribution >= 0.6 is 0 Å². The lowest BCUT2D eigenvalue weighted by atomic mass is 10.2. The van der Waals surface area contributed by atoms with Crippen LogP contribution in [-0.4, -0.2) is 55.6 Å². The Morgan fingerprint density at radius 3 is 2.42 bits per heavy atom. The van der Waals surface area contributed by atoms with Gasteiger partial charge in [-0.25, -0.2) is 4.98 Å². The van der Waals surface area contributed by atoms with Crippen molar-refractivity contribution in [1.82, 2.24) is 9.88 Å². The highest BCUT2D eigenvalue weighted by molar-refractivity contribution is 5.92. The Hall–Kier alpha value is -2.76. The monoisotopic (exact) mass is 354 g/mol. The molecule has 1 saturated heterocycles. The van der Waals surface area contributed by atoms with Crippen molar-refractivity contribution in [2.24, 2.45) is 0 Å². The number of carbonyl (C=O) groups excluding carboxylic acids is 1. The fourth-order valence-corrected chi connectivity index (χ4v) is 3.02. The van der Waals surface area contributed by atoms with Gasteiger partial charge < -0.3 is 19.9 Å². The maximum Gasteiger partial charge on any atom is 0.272 e. The van der Waals surface area contributed by atoms with E-state index in [1.54, 1.807) is 19.4 Å². The van der Waals surface area contributed by atoms with Crippen molar-refractivity contribution in [3.8, 4) is 5.75 Å². The van der Waals surface area contributed by atoms with Crippen molar-refractivity contribution in [2.75, 3.05) is 50.1 Å². The zero-order chi connectivity index (χ0) is 18.4. The maximum atomic E-state index is 12.7. The summed E-state index contributed by atoms with van der Waals surface area (Å²) in [5, 5.41) is 3.27. The Morgan fingerprint density at radius 1 is 1.12 bits per heavy atom. The number of carbonyl (C=O) groups is 1. The number of nitrogens with one attached hydrogen (secondary N) is 1. The number of piperazine rings is 1. The lowest BCUT2D eigenvalue weighted by Gasteiger charge is -2.36. The quantitative estimate of drug-likeness (QED) is 0.864. The minimum absolute atomic E-state index is 0.00132. The first-order chi connectivity index (χ1) is 12.7. The van der Waals surface area contributed by atoms with E-state index in [9.17, 15) is 4.79 Å². The molecule has 1 aromatic heterocycles. The second kappa shape index (κ2) is 8.56. The molecule has 0 bridgehead atoms. The highest BCUT2D eigenvalue weighted by Gasteiger charge is 2.23. The van der Waals surface area contributed by atoms with Gasteiger partial charge in [-0.05, 0) is 42.8 Å². The van der Waals surface area contributed by atoms with Crippen LogP contribution in [0.2, 0.25) is 0 Å². The average molecular weight is 354 g/mol. The summed E-state index contributed by atoms with van der Waals surface area (Å²) in [5.41, 5.74) is 2.61. The molecule has 0 aliphatic carbocycles. The molecule has 0 spiro atoms. The van der Waals surface area contributed by atoms with Crippen LogP contribution in [0.1, 0.15) is 23.8 Å². The highest BCUT2D eigenvalue weighted by Crippen LogP contribution is 2.21. The van der Waals surface area contributed by atoms with Crippen molar-refractivity contribution in [3.05, 3.63) is 48.3 Å². The molecule has 6 heteroatoms. The minimum atomic E-state index is 0.00132. The molecule has 26 heavy (non-hydrogen) atoms. The predicted molar refractivity (Wildman–Crippen MR) is 104 cm³/mol. The number of benzene rings is 1. The number of hydrogen-bond donors (Lipinski definition) is 1. The molecule has 3 rings (SSSR count). The smallest absolute Gasteiger partial charge is 0.272 e. The summed E-state index contributed by atoms with van der Waals surface area (Å²) in [5.74, 6) is 0.854.